The van der Waals surface area contributed by atoms with Gasteiger partial charge in [-0.05, 0) is 31.0 Å². The summed E-state index contributed by atoms with van der Waals surface area (Å²) < 4.78 is 5.12. The number of rotatable bonds is 4. The standard InChI is InChI=1S/C15H22N2O4/c1-3-16-15(20)17-13-11(8-12(18)14(13)19)9-4-6-10(21-2)7-5-9/h4-7,11-14,18-19H,3,8H2,1-2H3,(H2,16,17,20)/t11-,12-,13-,14-/m1/s1. The molecule has 2 rings (SSSR count). The van der Waals surface area contributed by atoms with E-state index in [0.29, 0.717) is 13.0 Å². The number of hydrogen-bond donors (Lipinski definition) is 4. The van der Waals surface area contributed by atoms with Gasteiger partial charge in [0.2, 0.25) is 0 Å². The average molecular weight is 294 g/mol. The molecule has 0 saturated heterocycles. The van der Waals surface area contributed by atoms with Crippen molar-refractivity contribution in [3.8, 4) is 5.75 Å². The van der Waals surface area contributed by atoms with Crippen LogP contribution in [0.25, 0.3) is 0 Å². The fraction of sp³-hybridized carbons (Fsp3) is 0.533. The van der Waals surface area contributed by atoms with Crippen molar-refractivity contribution in [1.82, 2.24) is 10.6 Å². The van der Waals surface area contributed by atoms with Crippen LogP contribution in [0, 0.1) is 0 Å². The molecule has 1 aromatic rings. The fourth-order valence-corrected chi connectivity index (χ4v) is 2.77. The Balaban J connectivity index is 2.16. The molecule has 6 nitrogen and oxygen atoms in total. The van der Waals surface area contributed by atoms with Crippen molar-refractivity contribution >= 4 is 6.03 Å². The summed E-state index contributed by atoms with van der Waals surface area (Å²) in [6.07, 6.45) is -1.41. The van der Waals surface area contributed by atoms with E-state index < -0.39 is 18.2 Å². The molecule has 4 N–H and O–H groups in total. The molecule has 0 spiro atoms. The fourth-order valence-electron chi connectivity index (χ4n) is 2.77. The van der Waals surface area contributed by atoms with Gasteiger partial charge in [-0.3, -0.25) is 0 Å². The molecule has 21 heavy (non-hydrogen) atoms. The first-order valence-electron chi connectivity index (χ1n) is 7.11. The van der Waals surface area contributed by atoms with Crippen LogP contribution in [0.1, 0.15) is 24.8 Å². The Bertz CT molecular complexity index is 477. The molecule has 6 heteroatoms. The van der Waals surface area contributed by atoms with Gasteiger partial charge in [-0.1, -0.05) is 12.1 Å². The Hall–Kier alpha value is -1.79. The van der Waals surface area contributed by atoms with E-state index in [1.165, 1.54) is 0 Å². The number of methoxy groups -OCH3 is 1. The minimum absolute atomic E-state index is 0.136. The SMILES string of the molecule is CCNC(=O)N[C@H]1[C@H](O)[C@H](O)C[C@@H]1c1ccc(OC)cc1. The van der Waals surface area contributed by atoms with Gasteiger partial charge >= 0.3 is 6.03 Å². The number of aliphatic hydroxyl groups is 2. The van der Waals surface area contributed by atoms with E-state index in [1.807, 2.05) is 31.2 Å². The number of ether oxygens (including phenoxy) is 1. The highest BCUT2D eigenvalue weighted by molar-refractivity contribution is 5.74. The van der Waals surface area contributed by atoms with Gasteiger partial charge in [0.15, 0.2) is 0 Å². The van der Waals surface area contributed by atoms with Gasteiger partial charge in [-0.15, -0.1) is 0 Å². The van der Waals surface area contributed by atoms with E-state index in [9.17, 15) is 15.0 Å². The highest BCUT2D eigenvalue weighted by Crippen LogP contribution is 2.35. The third-order valence-electron chi connectivity index (χ3n) is 3.87. The van der Waals surface area contributed by atoms with Gasteiger partial charge in [0, 0.05) is 12.5 Å². The number of aliphatic hydroxyl groups excluding tert-OH is 2. The van der Waals surface area contributed by atoms with Crippen LogP contribution in [0.15, 0.2) is 24.3 Å². The lowest BCUT2D eigenvalue weighted by Crippen LogP contribution is -2.49. The van der Waals surface area contributed by atoms with Crippen molar-refractivity contribution in [2.45, 2.75) is 37.5 Å². The summed E-state index contributed by atoms with van der Waals surface area (Å²) in [7, 11) is 1.59. The summed E-state index contributed by atoms with van der Waals surface area (Å²) in [6, 6.07) is 6.58. The number of benzene rings is 1. The molecule has 0 aliphatic heterocycles. The predicted molar refractivity (Wildman–Crippen MR) is 78.4 cm³/mol. The summed E-state index contributed by atoms with van der Waals surface area (Å²) in [6.45, 7) is 2.32. The molecule has 0 aromatic heterocycles. The average Bonchev–Trinajstić information content (AvgIpc) is 2.76. The summed E-state index contributed by atoms with van der Waals surface area (Å²) in [4.78, 5) is 11.7. The van der Waals surface area contributed by atoms with Crippen LogP contribution in [-0.2, 0) is 0 Å². The van der Waals surface area contributed by atoms with Crippen molar-refractivity contribution in [3.63, 3.8) is 0 Å². The summed E-state index contributed by atoms with van der Waals surface area (Å²) >= 11 is 0. The van der Waals surface area contributed by atoms with E-state index in [-0.39, 0.29) is 11.9 Å². The van der Waals surface area contributed by atoms with Crippen molar-refractivity contribution < 1.29 is 19.7 Å². The number of carbonyl (C=O) groups excluding carboxylic acids is 1. The molecule has 1 aromatic carbocycles. The molecule has 1 aliphatic rings. The van der Waals surface area contributed by atoms with Crippen molar-refractivity contribution in [2.75, 3.05) is 13.7 Å². The third-order valence-corrected chi connectivity index (χ3v) is 3.87. The molecule has 2 amide bonds. The maximum atomic E-state index is 11.7. The molecule has 1 aliphatic carbocycles. The van der Waals surface area contributed by atoms with E-state index in [0.717, 1.165) is 11.3 Å². The van der Waals surface area contributed by atoms with E-state index in [1.54, 1.807) is 7.11 Å². The Morgan fingerprint density at radius 1 is 1.33 bits per heavy atom. The van der Waals surface area contributed by atoms with Gasteiger partial charge in [-0.25, -0.2) is 4.79 Å². The van der Waals surface area contributed by atoms with Crippen molar-refractivity contribution in [2.24, 2.45) is 0 Å². The van der Waals surface area contributed by atoms with Crippen molar-refractivity contribution in [3.05, 3.63) is 29.8 Å². The zero-order valence-electron chi connectivity index (χ0n) is 12.2. The van der Waals surface area contributed by atoms with Crippen LogP contribution in [0.2, 0.25) is 0 Å². The molecule has 0 radical (unpaired) electrons. The Kier molecular flexibility index (Phi) is 5.03. The van der Waals surface area contributed by atoms with Crippen LogP contribution < -0.4 is 15.4 Å². The number of carbonyl (C=O) groups is 1. The second-order valence-electron chi connectivity index (χ2n) is 5.20. The normalized spacial score (nSPS) is 28.2. The lowest BCUT2D eigenvalue weighted by molar-refractivity contribution is 0.0319. The molecule has 4 atom stereocenters. The first-order valence-corrected chi connectivity index (χ1v) is 7.11. The van der Waals surface area contributed by atoms with E-state index in [2.05, 4.69) is 10.6 Å². The van der Waals surface area contributed by atoms with Crippen LogP contribution in [0.4, 0.5) is 4.79 Å². The molecule has 0 heterocycles. The molecule has 1 fully saturated rings. The van der Waals surface area contributed by atoms with Gasteiger partial charge in [0.25, 0.3) is 0 Å². The second kappa shape index (κ2) is 6.78. The van der Waals surface area contributed by atoms with Gasteiger partial charge in [0.1, 0.15) is 11.9 Å². The zero-order valence-corrected chi connectivity index (χ0v) is 12.2. The molecule has 116 valence electrons. The van der Waals surface area contributed by atoms with Crippen LogP contribution in [0.3, 0.4) is 0 Å². The lowest BCUT2D eigenvalue weighted by atomic mass is 9.93. The lowest BCUT2D eigenvalue weighted by Gasteiger charge is -2.24. The van der Waals surface area contributed by atoms with Crippen molar-refractivity contribution in [1.29, 1.82) is 0 Å². The zero-order chi connectivity index (χ0) is 15.4. The monoisotopic (exact) mass is 294 g/mol. The highest BCUT2D eigenvalue weighted by atomic mass is 16.5. The second-order valence-corrected chi connectivity index (χ2v) is 5.20. The molecule has 0 unspecified atom stereocenters. The number of hydrogen-bond acceptors (Lipinski definition) is 4. The first kappa shape index (κ1) is 15.6. The first-order chi connectivity index (χ1) is 10.1. The molecular weight excluding hydrogens is 272 g/mol. The van der Waals surface area contributed by atoms with E-state index in [4.69, 9.17) is 4.74 Å². The van der Waals surface area contributed by atoms with Gasteiger partial charge in [0.05, 0.1) is 19.3 Å². The van der Waals surface area contributed by atoms with Crippen LogP contribution >= 0.6 is 0 Å². The topological polar surface area (TPSA) is 90.8 Å². The quantitative estimate of drug-likeness (QED) is 0.654. The van der Waals surface area contributed by atoms with E-state index >= 15 is 0 Å². The predicted octanol–water partition coefficient (Wildman–Crippen LogP) is 0.592. The number of urea groups is 1. The Labute approximate surface area is 124 Å². The third kappa shape index (κ3) is 3.46. The minimum Gasteiger partial charge on any atom is -0.497 e. The smallest absolute Gasteiger partial charge is 0.315 e. The largest absolute Gasteiger partial charge is 0.497 e. The highest BCUT2D eigenvalue weighted by Gasteiger charge is 2.43. The number of nitrogens with one attached hydrogen (secondary N) is 2. The summed E-state index contributed by atoms with van der Waals surface area (Å²) in [5.41, 5.74) is 0.952. The molecular formula is C15H22N2O4. The van der Waals surface area contributed by atoms with Crippen LogP contribution in [-0.4, -0.2) is 48.1 Å². The minimum atomic E-state index is -0.972. The summed E-state index contributed by atoms with van der Waals surface area (Å²) in [5, 5.41) is 25.4. The Morgan fingerprint density at radius 3 is 2.57 bits per heavy atom. The van der Waals surface area contributed by atoms with Crippen LogP contribution in [0.5, 0.6) is 5.75 Å². The molecule has 1 saturated carbocycles. The Morgan fingerprint density at radius 2 is 2.00 bits per heavy atom. The summed E-state index contributed by atoms with van der Waals surface area (Å²) in [5.74, 6) is 0.606. The maximum absolute atomic E-state index is 11.7. The van der Waals surface area contributed by atoms with Gasteiger partial charge in [-0.2, -0.15) is 0 Å². The van der Waals surface area contributed by atoms with Gasteiger partial charge < -0.3 is 25.6 Å². The number of amides is 2. The molecule has 0 bridgehead atoms. The maximum Gasteiger partial charge on any atom is 0.315 e.